The van der Waals surface area contributed by atoms with Crippen LogP contribution in [0.5, 0.6) is 0 Å². The van der Waals surface area contributed by atoms with E-state index in [1.165, 1.54) is 0 Å². The molecular formula is C10H20N3OP. The Labute approximate surface area is 93.6 Å². The summed E-state index contributed by atoms with van der Waals surface area (Å²) in [5, 5.41) is 2.99. The lowest BCUT2D eigenvalue weighted by Gasteiger charge is -2.41. The summed E-state index contributed by atoms with van der Waals surface area (Å²) < 4.78 is 0. The van der Waals surface area contributed by atoms with Crippen LogP contribution in [-0.2, 0) is 4.79 Å². The molecule has 2 aliphatic heterocycles. The first kappa shape index (κ1) is 11.3. The lowest BCUT2D eigenvalue weighted by atomic mass is 9.86. The third-order valence-corrected chi connectivity index (χ3v) is 3.93. The topological polar surface area (TPSA) is 35.6 Å². The summed E-state index contributed by atoms with van der Waals surface area (Å²) in [5.41, 5.74) is -0.191. The molecule has 86 valence electrons. The zero-order chi connectivity index (χ0) is 10.9. The van der Waals surface area contributed by atoms with Crippen LogP contribution in [0.3, 0.4) is 0 Å². The molecule has 0 aromatic carbocycles. The fourth-order valence-electron chi connectivity index (χ4n) is 2.61. The van der Waals surface area contributed by atoms with Crippen molar-refractivity contribution in [1.82, 2.24) is 15.1 Å². The van der Waals surface area contributed by atoms with Crippen LogP contribution in [0.4, 0.5) is 0 Å². The lowest BCUT2D eigenvalue weighted by molar-refractivity contribution is -0.128. The fourth-order valence-corrected chi connectivity index (χ4v) is 2.92. The van der Waals surface area contributed by atoms with Crippen LogP contribution in [0.15, 0.2) is 0 Å². The summed E-state index contributed by atoms with van der Waals surface area (Å²) >= 11 is 0. The van der Waals surface area contributed by atoms with E-state index >= 15 is 0 Å². The van der Waals surface area contributed by atoms with Gasteiger partial charge in [-0.3, -0.25) is 9.69 Å². The van der Waals surface area contributed by atoms with Gasteiger partial charge in [-0.2, -0.15) is 0 Å². The molecule has 1 N–H and O–H groups in total. The number of hydrogen-bond acceptors (Lipinski definition) is 3. The van der Waals surface area contributed by atoms with Crippen molar-refractivity contribution in [1.29, 1.82) is 0 Å². The molecule has 2 fully saturated rings. The van der Waals surface area contributed by atoms with E-state index in [0.29, 0.717) is 0 Å². The highest BCUT2D eigenvalue weighted by Crippen LogP contribution is 2.31. The van der Waals surface area contributed by atoms with E-state index in [0.717, 1.165) is 45.3 Å². The zero-order valence-corrected chi connectivity index (χ0v) is 10.5. The van der Waals surface area contributed by atoms with Crippen molar-refractivity contribution in [2.45, 2.75) is 18.4 Å². The van der Waals surface area contributed by atoms with Gasteiger partial charge in [0.25, 0.3) is 0 Å². The Morgan fingerprint density at radius 3 is 2.73 bits per heavy atom. The number of amides is 1. The highest BCUT2D eigenvalue weighted by atomic mass is 31.0. The number of hydrogen-bond donors (Lipinski definition) is 1. The largest absolute Gasteiger partial charge is 0.342 e. The van der Waals surface area contributed by atoms with Gasteiger partial charge in [-0.05, 0) is 26.1 Å². The molecule has 2 rings (SSSR count). The van der Waals surface area contributed by atoms with E-state index in [9.17, 15) is 4.79 Å². The van der Waals surface area contributed by atoms with Crippen LogP contribution in [0, 0.1) is 0 Å². The van der Waals surface area contributed by atoms with Crippen molar-refractivity contribution in [3.05, 3.63) is 0 Å². The van der Waals surface area contributed by atoms with Crippen molar-refractivity contribution in [2.75, 3.05) is 39.5 Å². The van der Waals surface area contributed by atoms with Gasteiger partial charge in [0.05, 0.1) is 6.67 Å². The predicted molar refractivity (Wildman–Crippen MR) is 63.8 cm³/mol. The normalized spacial score (nSPS) is 27.2. The number of nitrogens with zero attached hydrogens (tertiary/aromatic N) is 2. The minimum absolute atomic E-state index is 0.191. The van der Waals surface area contributed by atoms with Crippen molar-refractivity contribution >= 4 is 15.1 Å². The third kappa shape index (κ3) is 1.91. The molecule has 4 nitrogen and oxygen atoms in total. The maximum absolute atomic E-state index is 12.0. The quantitative estimate of drug-likeness (QED) is 0.661. The summed E-state index contributed by atoms with van der Waals surface area (Å²) in [6.07, 6.45) is 2.98. The van der Waals surface area contributed by atoms with E-state index < -0.39 is 0 Å². The number of piperidine rings is 1. The van der Waals surface area contributed by atoms with Crippen LogP contribution in [0.25, 0.3) is 0 Å². The maximum Gasteiger partial charge on any atom is 0.241 e. The van der Waals surface area contributed by atoms with Gasteiger partial charge in [-0.1, -0.05) is 0 Å². The first-order chi connectivity index (χ1) is 7.19. The van der Waals surface area contributed by atoms with E-state index in [2.05, 4.69) is 31.4 Å². The molecule has 0 radical (unpaired) electrons. The number of nitrogens with one attached hydrogen (secondary N) is 1. The van der Waals surface area contributed by atoms with E-state index in [1.54, 1.807) is 0 Å². The molecule has 2 aliphatic rings. The molecule has 0 bridgehead atoms. The molecule has 0 aromatic rings. The average Bonchev–Trinajstić information content (AvgIpc) is 2.52. The van der Waals surface area contributed by atoms with Crippen LogP contribution in [0.2, 0.25) is 0 Å². The zero-order valence-electron chi connectivity index (χ0n) is 9.33. The van der Waals surface area contributed by atoms with Gasteiger partial charge in [-0.25, -0.2) is 0 Å². The van der Waals surface area contributed by atoms with Crippen molar-refractivity contribution in [3.63, 3.8) is 0 Å². The van der Waals surface area contributed by atoms with Crippen molar-refractivity contribution < 1.29 is 4.79 Å². The Kier molecular flexibility index (Phi) is 3.29. The van der Waals surface area contributed by atoms with Gasteiger partial charge in [-0.15, -0.1) is 9.24 Å². The summed E-state index contributed by atoms with van der Waals surface area (Å²) in [6.45, 7) is 3.78. The molecule has 2 saturated heterocycles. The highest BCUT2D eigenvalue weighted by Gasteiger charge is 2.49. The summed E-state index contributed by atoms with van der Waals surface area (Å²) in [4.78, 5) is 16.6. The molecule has 15 heavy (non-hydrogen) atoms. The smallest absolute Gasteiger partial charge is 0.241 e. The standard InChI is InChI=1S/C10H20N3OP/c1-12-4-2-10(3-5-12)9(14)11-8-13(10)6-7-15/h2-8,15H2,1H3,(H,11,14). The third-order valence-electron chi connectivity index (χ3n) is 3.67. The SMILES string of the molecule is CN1CCC2(CC1)C(=O)NCN2CCP. The molecule has 1 amide bonds. The van der Waals surface area contributed by atoms with Gasteiger partial charge in [0, 0.05) is 19.6 Å². The van der Waals surface area contributed by atoms with Gasteiger partial charge in [0.2, 0.25) is 5.91 Å². The second kappa shape index (κ2) is 4.36. The Bertz CT molecular complexity index is 251. The summed E-state index contributed by atoms with van der Waals surface area (Å²) in [6, 6.07) is 0. The van der Waals surface area contributed by atoms with Crippen LogP contribution >= 0.6 is 9.24 Å². The molecule has 1 atom stereocenters. The number of rotatable bonds is 2. The Morgan fingerprint density at radius 2 is 2.13 bits per heavy atom. The lowest BCUT2D eigenvalue weighted by Crippen LogP contribution is -2.55. The second-order valence-corrected chi connectivity index (χ2v) is 5.13. The van der Waals surface area contributed by atoms with Gasteiger partial charge >= 0.3 is 0 Å². The minimum atomic E-state index is -0.191. The monoisotopic (exact) mass is 229 g/mol. The van der Waals surface area contributed by atoms with Crippen molar-refractivity contribution in [2.24, 2.45) is 0 Å². The second-order valence-electron chi connectivity index (χ2n) is 4.55. The van der Waals surface area contributed by atoms with Gasteiger partial charge in [0.1, 0.15) is 5.54 Å². The van der Waals surface area contributed by atoms with E-state index in [-0.39, 0.29) is 11.4 Å². The maximum atomic E-state index is 12.0. The highest BCUT2D eigenvalue weighted by molar-refractivity contribution is 7.16. The molecule has 2 heterocycles. The fraction of sp³-hybridized carbons (Fsp3) is 0.900. The number of likely N-dealkylation sites (tertiary alicyclic amines) is 1. The average molecular weight is 229 g/mol. The van der Waals surface area contributed by atoms with Gasteiger partial charge in [0.15, 0.2) is 0 Å². The number of carbonyl (C=O) groups is 1. The Hall–Kier alpha value is -0.180. The van der Waals surface area contributed by atoms with E-state index in [1.807, 2.05) is 0 Å². The predicted octanol–water partition coefficient (Wildman–Crippen LogP) is -0.285. The first-order valence-corrected chi connectivity index (χ1v) is 6.43. The van der Waals surface area contributed by atoms with E-state index in [4.69, 9.17) is 0 Å². The van der Waals surface area contributed by atoms with Crippen LogP contribution in [0.1, 0.15) is 12.8 Å². The molecule has 1 unspecified atom stereocenters. The molecule has 0 aliphatic carbocycles. The molecule has 0 saturated carbocycles. The molecule has 0 aromatic heterocycles. The minimum Gasteiger partial charge on any atom is -0.342 e. The van der Waals surface area contributed by atoms with Crippen LogP contribution in [-0.4, -0.2) is 60.8 Å². The summed E-state index contributed by atoms with van der Waals surface area (Å²) in [7, 11) is 4.86. The molecule has 1 spiro atoms. The Morgan fingerprint density at radius 1 is 1.47 bits per heavy atom. The number of carbonyl (C=O) groups excluding carboxylic acids is 1. The summed E-state index contributed by atoms with van der Waals surface area (Å²) in [5.74, 6) is 0.244. The Balaban J connectivity index is 2.11. The van der Waals surface area contributed by atoms with Crippen molar-refractivity contribution in [3.8, 4) is 0 Å². The molecule has 5 heteroatoms. The van der Waals surface area contributed by atoms with Crippen LogP contribution < -0.4 is 5.32 Å². The van der Waals surface area contributed by atoms with Gasteiger partial charge < -0.3 is 10.2 Å². The molecular weight excluding hydrogens is 209 g/mol. The first-order valence-electron chi connectivity index (χ1n) is 5.61.